The van der Waals surface area contributed by atoms with Gasteiger partial charge in [-0.15, -0.1) is 0 Å². The largest absolute Gasteiger partial charge is 0.478 e. The molecule has 0 aliphatic heterocycles. The van der Waals surface area contributed by atoms with Gasteiger partial charge < -0.3 is 19.9 Å². The fourth-order valence-corrected chi connectivity index (χ4v) is 2.73. The second-order valence-corrected chi connectivity index (χ2v) is 7.19. The number of carbonyl (C=O) groups is 2. The number of amides is 1. The molecule has 0 saturated carbocycles. The second kappa shape index (κ2) is 9.45. The van der Waals surface area contributed by atoms with Crippen molar-refractivity contribution in [2.45, 2.75) is 83.8 Å². The van der Waals surface area contributed by atoms with Crippen LogP contribution < -0.4 is 5.32 Å². The van der Waals surface area contributed by atoms with E-state index in [4.69, 9.17) is 15.0 Å². The third kappa shape index (κ3) is 6.57. The van der Waals surface area contributed by atoms with Crippen LogP contribution in [0.4, 0.5) is 4.79 Å². The van der Waals surface area contributed by atoms with Crippen molar-refractivity contribution in [3.63, 3.8) is 0 Å². The van der Waals surface area contributed by atoms with Gasteiger partial charge in [-0.3, -0.25) is 0 Å². The maximum Gasteiger partial charge on any atom is 0.407 e. The third-order valence-corrected chi connectivity index (χ3v) is 3.98. The van der Waals surface area contributed by atoms with E-state index in [1.54, 1.807) is 20.8 Å². The number of alkyl carbamates (subject to hydrolysis) is 1. The van der Waals surface area contributed by atoms with Gasteiger partial charge in [0.05, 0.1) is 18.2 Å². The molecule has 2 N–H and O–H groups in total. The minimum atomic E-state index is -1.10. The van der Waals surface area contributed by atoms with Gasteiger partial charge in [0.15, 0.2) is 0 Å². The molecule has 0 radical (unpaired) electrons. The van der Waals surface area contributed by atoms with E-state index >= 15 is 0 Å². The lowest BCUT2D eigenvalue weighted by molar-refractivity contribution is -0.133. The fourth-order valence-electron chi connectivity index (χ4n) is 2.73. The summed E-state index contributed by atoms with van der Waals surface area (Å²) in [5, 5.41) is 15.8. The van der Waals surface area contributed by atoms with Crippen LogP contribution in [-0.2, 0) is 14.3 Å². The lowest BCUT2D eigenvalue weighted by Gasteiger charge is -2.35. The summed E-state index contributed by atoms with van der Waals surface area (Å²) in [7, 11) is 0. The van der Waals surface area contributed by atoms with E-state index in [0.29, 0.717) is 0 Å². The van der Waals surface area contributed by atoms with Gasteiger partial charge in [-0.05, 0) is 45.2 Å². The highest BCUT2D eigenvalue weighted by molar-refractivity contribution is 5.87. The highest BCUT2D eigenvalue weighted by Gasteiger charge is 2.37. The number of aliphatic carboxylic acids is 1. The zero-order valence-corrected chi connectivity index (χ0v) is 15.9. The van der Waals surface area contributed by atoms with Crippen LogP contribution in [0.2, 0.25) is 0 Å². The molecule has 1 amide bonds. The second-order valence-electron chi connectivity index (χ2n) is 7.19. The number of carboxylic acids is 1. The van der Waals surface area contributed by atoms with Crippen LogP contribution in [0.5, 0.6) is 0 Å². The van der Waals surface area contributed by atoms with E-state index in [1.807, 2.05) is 13.8 Å². The molecule has 146 valence electrons. The van der Waals surface area contributed by atoms with E-state index in [1.165, 1.54) is 6.08 Å². The molecule has 26 heavy (non-hydrogen) atoms. The van der Waals surface area contributed by atoms with Gasteiger partial charge in [-0.2, -0.15) is 0 Å². The summed E-state index contributed by atoms with van der Waals surface area (Å²) in [6.45, 7) is 9.08. The molecule has 9 heteroatoms. The van der Waals surface area contributed by atoms with Crippen LogP contribution in [0.3, 0.4) is 0 Å². The van der Waals surface area contributed by atoms with Crippen molar-refractivity contribution >= 4 is 12.1 Å². The molecule has 0 bridgehead atoms. The van der Waals surface area contributed by atoms with Crippen LogP contribution in [-0.4, -0.2) is 47.1 Å². The van der Waals surface area contributed by atoms with Gasteiger partial charge in [0, 0.05) is 22.9 Å². The first-order valence-electron chi connectivity index (χ1n) is 8.74. The summed E-state index contributed by atoms with van der Waals surface area (Å²) in [5.41, 5.74) is 8.32. The number of nitrogens with one attached hydrogen (secondary N) is 1. The predicted molar refractivity (Wildman–Crippen MR) is 95.7 cm³/mol. The molecule has 0 heterocycles. The van der Waals surface area contributed by atoms with Crippen molar-refractivity contribution in [3.8, 4) is 0 Å². The molecule has 1 aliphatic rings. The zero-order valence-electron chi connectivity index (χ0n) is 15.9. The zero-order chi connectivity index (χ0) is 19.9. The van der Waals surface area contributed by atoms with Gasteiger partial charge in [0.25, 0.3) is 0 Å². The molecule has 0 fully saturated rings. The highest BCUT2D eigenvalue weighted by atomic mass is 16.6. The molecule has 0 unspecified atom stereocenters. The Morgan fingerprint density at radius 1 is 1.42 bits per heavy atom. The van der Waals surface area contributed by atoms with Gasteiger partial charge in [-0.1, -0.05) is 19.0 Å². The molecule has 1 aliphatic carbocycles. The summed E-state index contributed by atoms with van der Waals surface area (Å²) in [6, 6.07) is -1.51. The summed E-state index contributed by atoms with van der Waals surface area (Å²) in [4.78, 5) is 26.4. The Morgan fingerprint density at radius 2 is 2.04 bits per heavy atom. The van der Waals surface area contributed by atoms with E-state index in [-0.39, 0.29) is 18.1 Å². The molecular weight excluding hydrogens is 340 g/mol. The van der Waals surface area contributed by atoms with Crippen molar-refractivity contribution in [1.29, 1.82) is 0 Å². The summed E-state index contributed by atoms with van der Waals surface area (Å²) < 4.78 is 11.2. The van der Waals surface area contributed by atoms with Crippen LogP contribution in [0.25, 0.3) is 10.4 Å². The van der Waals surface area contributed by atoms with E-state index in [9.17, 15) is 14.7 Å². The first-order valence-corrected chi connectivity index (χ1v) is 8.74. The molecule has 9 nitrogen and oxygen atoms in total. The van der Waals surface area contributed by atoms with Crippen LogP contribution >= 0.6 is 0 Å². The van der Waals surface area contributed by atoms with Crippen LogP contribution in [0, 0.1) is 0 Å². The Balaban J connectivity index is 3.10. The van der Waals surface area contributed by atoms with Crippen molar-refractivity contribution in [2.75, 3.05) is 0 Å². The highest BCUT2D eigenvalue weighted by Crippen LogP contribution is 2.27. The quantitative estimate of drug-likeness (QED) is 0.402. The normalized spacial score (nSPS) is 23.0. The number of carboxylic acid groups (broad SMARTS) is 1. The standard InChI is InChI=1S/C17H28N4O5/c1-6-11(7-2)25-13-9-10(15(22)23)8-12(14(13)20-21-18)19-16(24)26-17(3,4)5/h9,11-14H,6-8H2,1-5H3,(H,19,24)(H,22,23)/t12-,13+,14+/m0/s1. The number of hydrogen-bond acceptors (Lipinski definition) is 5. The van der Waals surface area contributed by atoms with E-state index < -0.39 is 35.9 Å². The van der Waals surface area contributed by atoms with Crippen LogP contribution in [0.15, 0.2) is 16.8 Å². The number of carbonyl (C=O) groups excluding carboxylic acids is 1. The number of hydrogen-bond donors (Lipinski definition) is 2. The fraction of sp³-hybridized carbons (Fsp3) is 0.765. The lowest BCUT2D eigenvalue weighted by atomic mass is 9.88. The summed E-state index contributed by atoms with van der Waals surface area (Å²) >= 11 is 0. The summed E-state index contributed by atoms with van der Waals surface area (Å²) in [6.07, 6.45) is 1.40. The Hall–Kier alpha value is -2.25. The molecular formula is C17H28N4O5. The lowest BCUT2D eigenvalue weighted by Crippen LogP contribution is -2.52. The molecule has 0 aromatic carbocycles. The predicted octanol–water partition coefficient (Wildman–Crippen LogP) is 3.55. The molecule has 0 spiro atoms. The van der Waals surface area contributed by atoms with Crippen molar-refractivity contribution in [1.82, 2.24) is 5.32 Å². The van der Waals surface area contributed by atoms with Gasteiger partial charge >= 0.3 is 12.1 Å². The Bertz CT molecular complexity index is 588. The molecule has 0 saturated heterocycles. The minimum Gasteiger partial charge on any atom is -0.478 e. The Morgan fingerprint density at radius 3 is 2.50 bits per heavy atom. The molecule has 3 atom stereocenters. The van der Waals surface area contributed by atoms with Crippen molar-refractivity contribution in [2.24, 2.45) is 5.11 Å². The van der Waals surface area contributed by atoms with E-state index in [0.717, 1.165) is 12.8 Å². The Kier molecular flexibility index (Phi) is 7.92. The van der Waals surface area contributed by atoms with Gasteiger partial charge in [-0.25, -0.2) is 9.59 Å². The number of azide groups is 1. The van der Waals surface area contributed by atoms with E-state index in [2.05, 4.69) is 15.3 Å². The third-order valence-electron chi connectivity index (χ3n) is 3.98. The number of ether oxygens (including phenoxy) is 2. The summed E-state index contributed by atoms with van der Waals surface area (Å²) in [5.74, 6) is -1.10. The maximum absolute atomic E-state index is 12.1. The Labute approximate surface area is 153 Å². The maximum atomic E-state index is 12.1. The smallest absolute Gasteiger partial charge is 0.407 e. The van der Waals surface area contributed by atoms with Gasteiger partial charge in [0.1, 0.15) is 5.60 Å². The number of nitrogens with zero attached hydrogens (tertiary/aromatic N) is 3. The topological polar surface area (TPSA) is 134 Å². The van der Waals surface area contributed by atoms with Crippen molar-refractivity contribution < 1.29 is 24.2 Å². The van der Waals surface area contributed by atoms with Crippen LogP contribution in [0.1, 0.15) is 53.9 Å². The average Bonchev–Trinajstić information content (AvgIpc) is 2.52. The number of rotatable bonds is 7. The molecule has 0 aromatic rings. The first-order chi connectivity index (χ1) is 12.1. The molecule has 0 aromatic heterocycles. The minimum absolute atomic E-state index is 0.0149. The monoisotopic (exact) mass is 368 g/mol. The molecule has 1 rings (SSSR count). The SMILES string of the molecule is CCC(CC)O[C@@H]1C=C(C(=O)O)C[C@H](NC(=O)OC(C)(C)C)[C@H]1N=[N+]=[N-]. The van der Waals surface area contributed by atoms with Crippen molar-refractivity contribution in [3.05, 3.63) is 22.1 Å². The average molecular weight is 368 g/mol. The van der Waals surface area contributed by atoms with Gasteiger partial charge in [0.2, 0.25) is 0 Å². The first kappa shape index (κ1) is 21.8.